The molecule has 2 N–H and O–H groups in total. The molecule has 0 spiro atoms. The zero-order valence-corrected chi connectivity index (χ0v) is 12.1. The van der Waals surface area contributed by atoms with E-state index in [1.807, 2.05) is 73.6 Å². The minimum Gasteiger partial charge on any atom is -0.378 e. The summed E-state index contributed by atoms with van der Waals surface area (Å²) in [7, 11) is 3.94. The van der Waals surface area contributed by atoms with Crippen molar-refractivity contribution in [1.29, 1.82) is 0 Å². The quantitative estimate of drug-likeness (QED) is 0.869. The molecule has 0 atom stereocenters. The standard InChI is InChI=1S/C17H17N3O/c1-19(2)14-10-9-13-8-7-12-5-3-4-6-15(12)20(17(18)21)16(13)11-14/h3-11H,1-2H3,(H2,18,21). The second-order valence-electron chi connectivity index (χ2n) is 5.20. The van der Waals surface area contributed by atoms with Gasteiger partial charge in [0.2, 0.25) is 0 Å². The lowest BCUT2D eigenvalue weighted by molar-refractivity contribution is 0.256. The molecule has 1 heterocycles. The second kappa shape index (κ2) is 4.98. The largest absolute Gasteiger partial charge is 0.378 e. The highest BCUT2D eigenvalue weighted by Gasteiger charge is 2.22. The Morgan fingerprint density at radius 2 is 1.67 bits per heavy atom. The van der Waals surface area contributed by atoms with Gasteiger partial charge in [-0.2, -0.15) is 0 Å². The Balaban J connectivity index is 2.26. The number of anilines is 3. The molecule has 0 aliphatic carbocycles. The Hall–Kier alpha value is -2.75. The molecule has 21 heavy (non-hydrogen) atoms. The zero-order valence-electron chi connectivity index (χ0n) is 12.1. The van der Waals surface area contributed by atoms with Crippen LogP contribution in [0.15, 0.2) is 42.5 Å². The van der Waals surface area contributed by atoms with Gasteiger partial charge in [0.25, 0.3) is 0 Å². The number of hydrogen-bond acceptors (Lipinski definition) is 2. The molecular weight excluding hydrogens is 262 g/mol. The van der Waals surface area contributed by atoms with Crippen molar-refractivity contribution in [3.8, 4) is 0 Å². The van der Waals surface area contributed by atoms with Crippen LogP contribution in [0.25, 0.3) is 12.2 Å². The van der Waals surface area contributed by atoms with E-state index in [1.165, 1.54) is 0 Å². The van der Waals surface area contributed by atoms with Gasteiger partial charge in [0, 0.05) is 19.8 Å². The van der Waals surface area contributed by atoms with Crippen LogP contribution in [0, 0.1) is 0 Å². The summed E-state index contributed by atoms with van der Waals surface area (Å²) in [5.74, 6) is 0. The van der Waals surface area contributed by atoms with E-state index in [0.29, 0.717) is 0 Å². The number of carbonyl (C=O) groups excluding carboxylic acids is 1. The maximum atomic E-state index is 12.0. The van der Waals surface area contributed by atoms with Crippen LogP contribution in [0.3, 0.4) is 0 Å². The first kappa shape index (κ1) is 13.2. The SMILES string of the molecule is CN(C)c1ccc2c(c1)N(C(N)=O)c1ccccc1C=C2. The van der Waals surface area contributed by atoms with E-state index in [2.05, 4.69) is 0 Å². The number of benzene rings is 2. The Kier molecular flexibility index (Phi) is 3.14. The number of amides is 2. The van der Waals surface area contributed by atoms with Gasteiger partial charge in [0.1, 0.15) is 0 Å². The number of hydrogen-bond donors (Lipinski definition) is 1. The first-order valence-electron chi connectivity index (χ1n) is 6.76. The summed E-state index contributed by atoms with van der Waals surface area (Å²) in [6.07, 6.45) is 4.02. The minimum atomic E-state index is -0.483. The lowest BCUT2D eigenvalue weighted by atomic mass is 10.1. The molecule has 0 aromatic heterocycles. The van der Waals surface area contributed by atoms with E-state index in [0.717, 1.165) is 28.2 Å². The van der Waals surface area contributed by atoms with Crippen molar-refractivity contribution in [2.24, 2.45) is 5.73 Å². The van der Waals surface area contributed by atoms with Crippen LogP contribution in [-0.4, -0.2) is 20.1 Å². The first-order chi connectivity index (χ1) is 10.1. The van der Waals surface area contributed by atoms with Crippen LogP contribution in [0.5, 0.6) is 0 Å². The van der Waals surface area contributed by atoms with Crippen LogP contribution in [0.2, 0.25) is 0 Å². The Morgan fingerprint density at radius 3 is 2.33 bits per heavy atom. The third kappa shape index (κ3) is 2.25. The zero-order chi connectivity index (χ0) is 15.0. The molecule has 0 unspecified atom stereocenters. The van der Waals surface area contributed by atoms with Crippen LogP contribution in [0.4, 0.5) is 21.9 Å². The van der Waals surface area contributed by atoms with Gasteiger partial charge < -0.3 is 10.6 Å². The Labute approximate surface area is 124 Å². The van der Waals surface area contributed by atoms with E-state index < -0.39 is 6.03 Å². The summed E-state index contributed by atoms with van der Waals surface area (Å²) in [6.45, 7) is 0. The summed E-state index contributed by atoms with van der Waals surface area (Å²) in [6, 6.07) is 13.3. The molecule has 0 bridgehead atoms. The smallest absolute Gasteiger partial charge is 0.323 e. The van der Waals surface area contributed by atoms with E-state index in [9.17, 15) is 4.79 Å². The molecule has 0 fully saturated rings. The van der Waals surface area contributed by atoms with Crippen LogP contribution >= 0.6 is 0 Å². The molecule has 106 valence electrons. The Bertz CT molecular complexity index is 735. The van der Waals surface area contributed by atoms with Gasteiger partial charge in [0.05, 0.1) is 11.4 Å². The van der Waals surface area contributed by atoms with Gasteiger partial charge in [-0.15, -0.1) is 0 Å². The van der Waals surface area contributed by atoms with Crippen molar-refractivity contribution in [2.75, 3.05) is 23.9 Å². The first-order valence-corrected chi connectivity index (χ1v) is 6.76. The predicted octanol–water partition coefficient (Wildman–Crippen LogP) is 3.45. The molecule has 2 aromatic carbocycles. The van der Waals surface area contributed by atoms with Gasteiger partial charge in [0.15, 0.2) is 0 Å². The fourth-order valence-electron chi connectivity index (χ4n) is 2.52. The molecule has 1 aliphatic rings. The van der Waals surface area contributed by atoms with Crippen molar-refractivity contribution < 1.29 is 4.79 Å². The average Bonchev–Trinajstić information content (AvgIpc) is 2.62. The molecule has 2 amide bonds. The molecule has 0 radical (unpaired) electrons. The van der Waals surface area contributed by atoms with E-state index in [-0.39, 0.29) is 0 Å². The van der Waals surface area contributed by atoms with Crippen molar-refractivity contribution >= 4 is 35.2 Å². The number of primary amides is 1. The summed E-state index contributed by atoms with van der Waals surface area (Å²) in [5.41, 5.74) is 10.2. The molecule has 3 rings (SSSR count). The highest BCUT2D eigenvalue weighted by atomic mass is 16.2. The number of rotatable bonds is 1. The normalized spacial score (nSPS) is 12.4. The summed E-state index contributed by atoms with van der Waals surface area (Å²) in [4.78, 5) is 15.6. The average molecular weight is 279 g/mol. The van der Waals surface area contributed by atoms with E-state index in [1.54, 1.807) is 4.90 Å². The number of urea groups is 1. The number of nitrogens with zero attached hydrogens (tertiary/aromatic N) is 2. The van der Waals surface area contributed by atoms with Gasteiger partial charge in [-0.3, -0.25) is 4.90 Å². The third-order valence-corrected chi connectivity index (χ3v) is 3.61. The third-order valence-electron chi connectivity index (χ3n) is 3.61. The van der Waals surface area contributed by atoms with Crippen molar-refractivity contribution in [3.63, 3.8) is 0 Å². The van der Waals surface area contributed by atoms with Crippen LogP contribution < -0.4 is 15.5 Å². The van der Waals surface area contributed by atoms with Gasteiger partial charge in [-0.05, 0) is 29.3 Å². The van der Waals surface area contributed by atoms with Crippen LogP contribution in [-0.2, 0) is 0 Å². The van der Waals surface area contributed by atoms with Gasteiger partial charge >= 0.3 is 6.03 Å². The Morgan fingerprint density at radius 1 is 1.00 bits per heavy atom. The monoisotopic (exact) mass is 279 g/mol. The summed E-state index contributed by atoms with van der Waals surface area (Å²) >= 11 is 0. The second-order valence-corrected chi connectivity index (χ2v) is 5.20. The molecule has 4 nitrogen and oxygen atoms in total. The molecular formula is C17H17N3O. The summed E-state index contributed by atoms with van der Waals surface area (Å²) < 4.78 is 0. The van der Waals surface area contributed by atoms with Crippen molar-refractivity contribution in [2.45, 2.75) is 0 Å². The fourth-order valence-corrected chi connectivity index (χ4v) is 2.52. The number of fused-ring (bicyclic) bond motifs is 2. The highest BCUT2D eigenvalue weighted by Crippen LogP contribution is 2.37. The summed E-state index contributed by atoms with van der Waals surface area (Å²) in [5, 5.41) is 0. The number of para-hydroxylation sites is 1. The molecule has 2 aromatic rings. The molecule has 4 heteroatoms. The maximum absolute atomic E-state index is 12.0. The topological polar surface area (TPSA) is 49.6 Å². The molecule has 0 saturated heterocycles. The van der Waals surface area contributed by atoms with Crippen LogP contribution in [0.1, 0.15) is 11.1 Å². The number of carbonyl (C=O) groups is 1. The number of nitrogens with two attached hydrogens (primary N) is 1. The van der Waals surface area contributed by atoms with E-state index in [4.69, 9.17) is 5.73 Å². The van der Waals surface area contributed by atoms with Crippen molar-refractivity contribution in [1.82, 2.24) is 0 Å². The van der Waals surface area contributed by atoms with Crippen molar-refractivity contribution in [3.05, 3.63) is 53.6 Å². The lowest BCUT2D eigenvalue weighted by Crippen LogP contribution is -2.32. The predicted molar refractivity (Wildman–Crippen MR) is 87.9 cm³/mol. The molecule has 1 aliphatic heterocycles. The minimum absolute atomic E-state index is 0.483. The molecule has 0 saturated carbocycles. The highest BCUT2D eigenvalue weighted by molar-refractivity contribution is 6.05. The fraction of sp³-hybridized carbons (Fsp3) is 0.118. The van der Waals surface area contributed by atoms with Gasteiger partial charge in [-0.1, -0.05) is 36.4 Å². The maximum Gasteiger partial charge on any atom is 0.323 e. The lowest BCUT2D eigenvalue weighted by Gasteiger charge is -2.24. The van der Waals surface area contributed by atoms with Gasteiger partial charge in [-0.25, -0.2) is 4.79 Å². The van der Waals surface area contributed by atoms with E-state index >= 15 is 0 Å².